The zero-order valence-corrected chi connectivity index (χ0v) is 11.2. The van der Waals surface area contributed by atoms with Gasteiger partial charge in [-0.25, -0.2) is 4.98 Å². The summed E-state index contributed by atoms with van der Waals surface area (Å²) >= 11 is 0. The number of aromatic nitrogens is 2. The Labute approximate surface area is 116 Å². The maximum absolute atomic E-state index is 12.0. The Morgan fingerprint density at radius 1 is 1.20 bits per heavy atom. The minimum Gasteiger partial charge on any atom is -0.342 e. The lowest BCUT2D eigenvalue weighted by molar-refractivity contribution is -0.115. The average molecular weight is 265 g/mol. The second-order valence-electron chi connectivity index (χ2n) is 4.76. The molecule has 0 spiro atoms. The first-order chi connectivity index (χ1) is 9.70. The van der Waals surface area contributed by atoms with Crippen molar-refractivity contribution in [3.05, 3.63) is 59.9 Å². The number of anilines is 1. The van der Waals surface area contributed by atoms with Crippen molar-refractivity contribution in [1.82, 2.24) is 9.97 Å². The molecule has 2 aromatic carbocycles. The molecule has 0 unspecified atom stereocenters. The summed E-state index contributed by atoms with van der Waals surface area (Å²) in [6.45, 7) is 1.92. The Morgan fingerprint density at radius 2 is 2.00 bits per heavy atom. The van der Waals surface area contributed by atoms with E-state index in [1.807, 2.05) is 55.5 Å². The molecule has 1 amide bonds. The van der Waals surface area contributed by atoms with E-state index in [1.54, 1.807) is 0 Å². The molecule has 0 bridgehead atoms. The van der Waals surface area contributed by atoms with Crippen molar-refractivity contribution in [3.8, 4) is 0 Å². The molecule has 0 fully saturated rings. The average Bonchev–Trinajstić information content (AvgIpc) is 2.79. The number of hydrogen-bond donors (Lipinski definition) is 2. The largest absolute Gasteiger partial charge is 0.342 e. The normalized spacial score (nSPS) is 10.7. The van der Waals surface area contributed by atoms with E-state index in [4.69, 9.17) is 0 Å². The molecule has 100 valence electrons. The fourth-order valence-electron chi connectivity index (χ4n) is 2.21. The zero-order valence-electron chi connectivity index (χ0n) is 11.2. The summed E-state index contributed by atoms with van der Waals surface area (Å²) in [5.41, 5.74) is 3.67. The van der Waals surface area contributed by atoms with E-state index >= 15 is 0 Å². The number of nitrogens with one attached hydrogen (secondary N) is 2. The summed E-state index contributed by atoms with van der Waals surface area (Å²) in [4.78, 5) is 19.5. The van der Waals surface area contributed by atoms with Crippen LogP contribution in [0.3, 0.4) is 0 Å². The van der Waals surface area contributed by atoms with Crippen molar-refractivity contribution in [2.24, 2.45) is 0 Å². The van der Waals surface area contributed by atoms with Gasteiger partial charge in [0.2, 0.25) is 5.91 Å². The van der Waals surface area contributed by atoms with Crippen LogP contribution in [0.2, 0.25) is 0 Å². The Hall–Kier alpha value is -2.62. The Bertz CT molecular complexity index is 747. The highest BCUT2D eigenvalue weighted by Crippen LogP contribution is 2.14. The molecule has 0 aliphatic carbocycles. The maximum atomic E-state index is 12.0. The molecule has 2 N–H and O–H groups in total. The number of amides is 1. The van der Waals surface area contributed by atoms with Crippen LogP contribution in [0.5, 0.6) is 0 Å². The summed E-state index contributed by atoms with van der Waals surface area (Å²) in [5, 5.41) is 2.88. The number of carbonyl (C=O) groups excluding carboxylic acids is 1. The minimum atomic E-state index is -0.0215. The van der Waals surface area contributed by atoms with Crippen molar-refractivity contribution in [3.63, 3.8) is 0 Å². The minimum absolute atomic E-state index is 0.0215. The van der Waals surface area contributed by atoms with Gasteiger partial charge in [-0.05, 0) is 36.8 Å². The van der Waals surface area contributed by atoms with Crippen LogP contribution < -0.4 is 5.32 Å². The highest BCUT2D eigenvalue weighted by atomic mass is 16.1. The number of H-pyrrole nitrogens is 1. The topological polar surface area (TPSA) is 57.8 Å². The van der Waals surface area contributed by atoms with Crippen LogP contribution in [0.15, 0.2) is 48.5 Å². The highest BCUT2D eigenvalue weighted by molar-refractivity contribution is 5.92. The summed E-state index contributed by atoms with van der Waals surface area (Å²) in [6, 6.07) is 15.3. The molecule has 1 aromatic heterocycles. The van der Waals surface area contributed by atoms with Crippen molar-refractivity contribution in [1.29, 1.82) is 0 Å². The van der Waals surface area contributed by atoms with Crippen LogP contribution >= 0.6 is 0 Å². The van der Waals surface area contributed by atoms with Crippen LogP contribution in [0.4, 0.5) is 5.69 Å². The second-order valence-corrected chi connectivity index (χ2v) is 4.76. The number of aryl methyl sites for hydroxylation is 1. The van der Waals surface area contributed by atoms with Crippen LogP contribution in [0.1, 0.15) is 11.4 Å². The molecule has 0 atom stereocenters. The number of carbonyl (C=O) groups is 1. The number of para-hydroxylation sites is 1. The molecule has 3 aromatic rings. The standard InChI is InChI=1S/C16H15N3O/c1-11-17-14-8-7-12(9-15(14)18-11)10-16(20)19-13-5-3-2-4-6-13/h2-9H,10H2,1H3,(H,17,18)(H,19,20). The second kappa shape index (κ2) is 5.17. The Morgan fingerprint density at radius 3 is 2.80 bits per heavy atom. The monoisotopic (exact) mass is 265 g/mol. The molecule has 1 heterocycles. The van der Waals surface area contributed by atoms with Crippen molar-refractivity contribution in [2.75, 3.05) is 5.32 Å². The molecule has 4 heteroatoms. The first-order valence-corrected chi connectivity index (χ1v) is 6.51. The highest BCUT2D eigenvalue weighted by Gasteiger charge is 2.06. The van der Waals surface area contributed by atoms with E-state index in [9.17, 15) is 4.79 Å². The molecule has 0 radical (unpaired) electrons. The van der Waals surface area contributed by atoms with E-state index in [0.29, 0.717) is 6.42 Å². The van der Waals surface area contributed by atoms with Crippen molar-refractivity contribution < 1.29 is 4.79 Å². The van der Waals surface area contributed by atoms with Gasteiger partial charge in [-0.15, -0.1) is 0 Å². The van der Waals surface area contributed by atoms with Gasteiger partial charge in [0.05, 0.1) is 17.5 Å². The van der Waals surface area contributed by atoms with Crippen molar-refractivity contribution in [2.45, 2.75) is 13.3 Å². The predicted octanol–water partition coefficient (Wildman–Crippen LogP) is 3.05. The number of rotatable bonds is 3. The number of imidazole rings is 1. The van der Waals surface area contributed by atoms with Crippen LogP contribution in [0.25, 0.3) is 11.0 Å². The van der Waals surface area contributed by atoms with Gasteiger partial charge in [-0.2, -0.15) is 0 Å². The zero-order chi connectivity index (χ0) is 13.9. The van der Waals surface area contributed by atoms with E-state index in [0.717, 1.165) is 28.1 Å². The van der Waals surface area contributed by atoms with Crippen molar-refractivity contribution >= 4 is 22.6 Å². The fourth-order valence-corrected chi connectivity index (χ4v) is 2.21. The Kier molecular flexibility index (Phi) is 3.21. The number of benzene rings is 2. The van der Waals surface area contributed by atoms with Gasteiger partial charge < -0.3 is 10.3 Å². The Balaban J connectivity index is 1.74. The van der Waals surface area contributed by atoms with Gasteiger partial charge in [-0.3, -0.25) is 4.79 Å². The third-order valence-corrected chi connectivity index (χ3v) is 3.09. The van der Waals surface area contributed by atoms with E-state index in [2.05, 4.69) is 15.3 Å². The third kappa shape index (κ3) is 2.69. The van der Waals surface area contributed by atoms with E-state index in [-0.39, 0.29) is 5.91 Å². The first-order valence-electron chi connectivity index (χ1n) is 6.51. The van der Waals surface area contributed by atoms with Gasteiger partial charge in [0.1, 0.15) is 5.82 Å². The lowest BCUT2D eigenvalue weighted by Gasteiger charge is -2.05. The third-order valence-electron chi connectivity index (χ3n) is 3.09. The summed E-state index contributed by atoms with van der Waals surface area (Å²) < 4.78 is 0. The SMILES string of the molecule is Cc1nc2ccc(CC(=O)Nc3ccccc3)cc2[nH]1. The summed E-state index contributed by atoms with van der Waals surface area (Å²) in [6.07, 6.45) is 0.350. The van der Waals surface area contributed by atoms with Gasteiger partial charge in [0, 0.05) is 5.69 Å². The molecule has 3 rings (SSSR count). The number of hydrogen-bond acceptors (Lipinski definition) is 2. The van der Waals surface area contributed by atoms with E-state index in [1.165, 1.54) is 0 Å². The maximum Gasteiger partial charge on any atom is 0.228 e. The van der Waals surface area contributed by atoms with Gasteiger partial charge >= 0.3 is 0 Å². The van der Waals surface area contributed by atoms with Crippen LogP contribution in [0, 0.1) is 6.92 Å². The lowest BCUT2D eigenvalue weighted by Crippen LogP contribution is -2.14. The molecule has 0 aliphatic heterocycles. The smallest absolute Gasteiger partial charge is 0.228 e. The summed E-state index contributed by atoms with van der Waals surface area (Å²) in [5.74, 6) is 0.859. The molecular weight excluding hydrogens is 250 g/mol. The van der Waals surface area contributed by atoms with Crippen LogP contribution in [-0.4, -0.2) is 15.9 Å². The molecule has 0 saturated heterocycles. The summed E-state index contributed by atoms with van der Waals surface area (Å²) in [7, 11) is 0. The fraction of sp³-hybridized carbons (Fsp3) is 0.125. The van der Waals surface area contributed by atoms with Gasteiger partial charge in [0.25, 0.3) is 0 Å². The van der Waals surface area contributed by atoms with Gasteiger partial charge in [-0.1, -0.05) is 24.3 Å². The van der Waals surface area contributed by atoms with E-state index < -0.39 is 0 Å². The predicted molar refractivity (Wildman–Crippen MR) is 79.6 cm³/mol. The molecule has 0 aliphatic rings. The number of fused-ring (bicyclic) bond motifs is 1. The lowest BCUT2D eigenvalue weighted by atomic mass is 10.1. The quantitative estimate of drug-likeness (QED) is 0.764. The van der Waals surface area contributed by atoms with Gasteiger partial charge in [0.15, 0.2) is 0 Å². The molecule has 0 saturated carbocycles. The molecule has 4 nitrogen and oxygen atoms in total. The molecule has 20 heavy (non-hydrogen) atoms. The molecular formula is C16H15N3O. The number of aromatic amines is 1. The van der Waals surface area contributed by atoms with Crippen LogP contribution in [-0.2, 0) is 11.2 Å². The number of nitrogens with zero attached hydrogens (tertiary/aromatic N) is 1. The first kappa shape index (κ1) is 12.4.